The van der Waals surface area contributed by atoms with E-state index in [4.69, 9.17) is 0 Å². The van der Waals surface area contributed by atoms with Crippen molar-refractivity contribution in [2.24, 2.45) is 0 Å². The fraction of sp³-hybridized carbons (Fsp3) is 0.222. The second kappa shape index (κ2) is 6.89. The van der Waals surface area contributed by atoms with Gasteiger partial charge >= 0.3 is 0 Å². The number of nitrogens with one attached hydrogen (secondary N) is 1. The van der Waals surface area contributed by atoms with Crippen LogP contribution in [0.5, 0.6) is 0 Å². The summed E-state index contributed by atoms with van der Waals surface area (Å²) in [5, 5.41) is 2.87. The van der Waals surface area contributed by atoms with Gasteiger partial charge in [-0.15, -0.1) is 0 Å². The molecule has 2 amide bonds. The van der Waals surface area contributed by atoms with Gasteiger partial charge in [0.15, 0.2) is 0 Å². The van der Waals surface area contributed by atoms with Gasteiger partial charge in [-0.2, -0.15) is 0 Å². The summed E-state index contributed by atoms with van der Waals surface area (Å²) >= 11 is 0. The minimum atomic E-state index is -0.232. The Kier molecular flexibility index (Phi) is 4.94. The van der Waals surface area contributed by atoms with Crippen LogP contribution in [-0.4, -0.2) is 30.8 Å². The number of rotatable bonds is 4. The van der Waals surface area contributed by atoms with Gasteiger partial charge in [-0.3, -0.25) is 9.59 Å². The highest BCUT2D eigenvalue weighted by Crippen LogP contribution is 2.18. The molecule has 0 aromatic heterocycles. The van der Waals surface area contributed by atoms with Gasteiger partial charge in [-0.05, 0) is 36.8 Å². The molecule has 0 saturated heterocycles. The van der Waals surface area contributed by atoms with Gasteiger partial charge in [-0.25, -0.2) is 0 Å². The van der Waals surface area contributed by atoms with E-state index in [1.807, 2.05) is 37.3 Å². The van der Waals surface area contributed by atoms with E-state index in [1.54, 1.807) is 38.4 Å². The van der Waals surface area contributed by atoms with E-state index in [-0.39, 0.29) is 17.7 Å². The predicted octanol–water partition coefficient (Wildman–Crippen LogP) is 3.13. The quantitative estimate of drug-likeness (QED) is 0.942. The molecule has 114 valence electrons. The van der Waals surface area contributed by atoms with Gasteiger partial charge in [-0.1, -0.05) is 30.3 Å². The Hall–Kier alpha value is -2.62. The molecule has 0 bridgehead atoms. The molecule has 1 N–H and O–H groups in total. The highest BCUT2D eigenvalue weighted by atomic mass is 16.2. The van der Waals surface area contributed by atoms with Crippen molar-refractivity contribution in [2.45, 2.75) is 12.8 Å². The molecule has 0 aliphatic heterocycles. The van der Waals surface area contributed by atoms with E-state index in [1.165, 1.54) is 4.90 Å². The summed E-state index contributed by atoms with van der Waals surface area (Å²) in [6, 6.07) is 16.5. The Morgan fingerprint density at radius 3 is 2.09 bits per heavy atom. The van der Waals surface area contributed by atoms with Crippen LogP contribution in [0.15, 0.2) is 54.6 Å². The van der Waals surface area contributed by atoms with Gasteiger partial charge in [0.2, 0.25) is 5.91 Å². The molecule has 1 atom stereocenters. The van der Waals surface area contributed by atoms with Crippen LogP contribution in [0.25, 0.3) is 0 Å². The Morgan fingerprint density at radius 1 is 0.955 bits per heavy atom. The zero-order valence-electron chi connectivity index (χ0n) is 13.0. The Morgan fingerprint density at radius 2 is 1.55 bits per heavy atom. The molecule has 1 unspecified atom stereocenters. The molecule has 0 heterocycles. The van der Waals surface area contributed by atoms with E-state index >= 15 is 0 Å². The van der Waals surface area contributed by atoms with Crippen molar-refractivity contribution in [3.8, 4) is 0 Å². The van der Waals surface area contributed by atoms with Crippen LogP contribution in [0.1, 0.15) is 28.8 Å². The number of carbonyl (C=O) groups excluding carboxylic acids is 2. The number of amides is 2. The number of hydrogen-bond donors (Lipinski definition) is 1. The minimum absolute atomic E-state index is 0.0597. The molecule has 4 heteroatoms. The van der Waals surface area contributed by atoms with Gasteiger partial charge < -0.3 is 10.2 Å². The smallest absolute Gasteiger partial charge is 0.253 e. The molecular formula is C18H20N2O2. The monoisotopic (exact) mass is 296 g/mol. The minimum Gasteiger partial charge on any atom is -0.345 e. The Bertz CT molecular complexity index is 649. The molecule has 0 spiro atoms. The number of carbonyl (C=O) groups is 2. The van der Waals surface area contributed by atoms with Crippen LogP contribution in [0.4, 0.5) is 5.69 Å². The average Bonchev–Trinajstić information content (AvgIpc) is 2.54. The van der Waals surface area contributed by atoms with E-state index in [9.17, 15) is 9.59 Å². The first-order chi connectivity index (χ1) is 10.5. The van der Waals surface area contributed by atoms with Gasteiger partial charge in [0.1, 0.15) is 0 Å². The fourth-order valence-electron chi connectivity index (χ4n) is 2.10. The first-order valence-corrected chi connectivity index (χ1v) is 7.16. The number of hydrogen-bond acceptors (Lipinski definition) is 2. The Labute approximate surface area is 130 Å². The normalized spacial score (nSPS) is 11.6. The molecule has 0 fully saturated rings. The zero-order chi connectivity index (χ0) is 16.1. The van der Waals surface area contributed by atoms with Crippen LogP contribution in [0.2, 0.25) is 0 Å². The molecule has 0 radical (unpaired) electrons. The standard InChI is InChI=1S/C18H20N2O2/c1-13(14-7-5-4-6-8-14)17(21)19-16-11-9-15(10-12-16)18(22)20(2)3/h4-13H,1-3H3,(H,19,21). The summed E-state index contributed by atoms with van der Waals surface area (Å²) in [6.45, 7) is 1.87. The summed E-state index contributed by atoms with van der Waals surface area (Å²) in [5.74, 6) is -0.363. The lowest BCUT2D eigenvalue weighted by Gasteiger charge is -2.13. The zero-order valence-corrected chi connectivity index (χ0v) is 13.0. The van der Waals surface area contributed by atoms with E-state index in [0.717, 1.165) is 5.56 Å². The topological polar surface area (TPSA) is 49.4 Å². The van der Waals surface area contributed by atoms with Gasteiger partial charge in [0, 0.05) is 25.3 Å². The van der Waals surface area contributed by atoms with Crippen molar-refractivity contribution in [1.29, 1.82) is 0 Å². The molecule has 4 nitrogen and oxygen atoms in total. The molecule has 22 heavy (non-hydrogen) atoms. The number of anilines is 1. The van der Waals surface area contributed by atoms with Crippen molar-refractivity contribution >= 4 is 17.5 Å². The third kappa shape index (κ3) is 3.73. The maximum Gasteiger partial charge on any atom is 0.253 e. The van der Waals surface area contributed by atoms with Gasteiger partial charge in [0.05, 0.1) is 5.92 Å². The summed E-state index contributed by atoms with van der Waals surface area (Å²) in [7, 11) is 3.42. The van der Waals surface area contributed by atoms with Crippen molar-refractivity contribution in [3.63, 3.8) is 0 Å². The Balaban J connectivity index is 2.05. The van der Waals surface area contributed by atoms with Crippen LogP contribution in [0, 0.1) is 0 Å². The molecule has 2 rings (SSSR count). The fourth-order valence-corrected chi connectivity index (χ4v) is 2.10. The first kappa shape index (κ1) is 15.8. The second-order valence-corrected chi connectivity index (χ2v) is 5.40. The molecule has 2 aromatic rings. The maximum atomic E-state index is 12.3. The van der Waals surface area contributed by atoms with Crippen molar-refractivity contribution in [3.05, 3.63) is 65.7 Å². The summed E-state index contributed by atoms with van der Waals surface area (Å²) < 4.78 is 0. The number of nitrogens with zero attached hydrogens (tertiary/aromatic N) is 1. The predicted molar refractivity (Wildman–Crippen MR) is 87.9 cm³/mol. The summed E-state index contributed by atoms with van der Waals surface area (Å²) in [6.07, 6.45) is 0. The van der Waals surface area contributed by atoms with E-state index < -0.39 is 0 Å². The largest absolute Gasteiger partial charge is 0.345 e. The lowest BCUT2D eigenvalue weighted by molar-refractivity contribution is -0.117. The van der Waals surface area contributed by atoms with Crippen LogP contribution in [-0.2, 0) is 4.79 Å². The van der Waals surface area contributed by atoms with E-state index in [0.29, 0.717) is 11.3 Å². The van der Waals surface area contributed by atoms with Crippen LogP contribution in [0.3, 0.4) is 0 Å². The SMILES string of the molecule is CC(C(=O)Nc1ccc(C(=O)N(C)C)cc1)c1ccccc1. The third-order valence-electron chi connectivity index (χ3n) is 3.50. The molecule has 2 aromatic carbocycles. The molecule has 0 saturated carbocycles. The second-order valence-electron chi connectivity index (χ2n) is 5.40. The van der Waals surface area contributed by atoms with Crippen LogP contribution < -0.4 is 5.32 Å². The first-order valence-electron chi connectivity index (χ1n) is 7.16. The lowest BCUT2D eigenvalue weighted by atomic mass is 10.0. The van der Waals surface area contributed by atoms with Crippen LogP contribution >= 0.6 is 0 Å². The average molecular weight is 296 g/mol. The summed E-state index contributed by atoms with van der Waals surface area (Å²) in [5.41, 5.74) is 2.25. The van der Waals surface area contributed by atoms with Gasteiger partial charge in [0.25, 0.3) is 5.91 Å². The summed E-state index contributed by atoms with van der Waals surface area (Å²) in [4.78, 5) is 25.6. The highest BCUT2D eigenvalue weighted by molar-refractivity contribution is 5.97. The van der Waals surface area contributed by atoms with E-state index in [2.05, 4.69) is 5.32 Å². The maximum absolute atomic E-state index is 12.3. The van der Waals surface area contributed by atoms with Crippen molar-refractivity contribution in [1.82, 2.24) is 4.90 Å². The lowest BCUT2D eigenvalue weighted by Crippen LogP contribution is -2.22. The number of benzene rings is 2. The molecule has 0 aliphatic rings. The highest BCUT2D eigenvalue weighted by Gasteiger charge is 2.15. The van der Waals surface area contributed by atoms with Crippen molar-refractivity contribution < 1.29 is 9.59 Å². The molecular weight excluding hydrogens is 276 g/mol. The third-order valence-corrected chi connectivity index (χ3v) is 3.50. The molecule has 0 aliphatic carbocycles. The van der Waals surface area contributed by atoms with Crippen molar-refractivity contribution in [2.75, 3.05) is 19.4 Å².